The van der Waals surface area contributed by atoms with Gasteiger partial charge >= 0.3 is 19.1 Å². The van der Waals surface area contributed by atoms with Gasteiger partial charge in [0.2, 0.25) is 0 Å². The fourth-order valence-electron chi connectivity index (χ4n) is 3.44. The zero-order valence-corrected chi connectivity index (χ0v) is 19.2. The van der Waals surface area contributed by atoms with E-state index >= 15 is 0 Å². The van der Waals surface area contributed by atoms with E-state index in [1.807, 2.05) is 27.7 Å². The highest BCUT2D eigenvalue weighted by Gasteiger charge is 2.51. The van der Waals surface area contributed by atoms with Crippen LogP contribution in [0.2, 0.25) is 0 Å². The van der Waals surface area contributed by atoms with E-state index in [4.69, 9.17) is 18.8 Å². The van der Waals surface area contributed by atoms with Crippen LogP contribution < -0.4 is 10.4 Å². The maximum Gasteiger partial charge on any atom is 0.494 e. The number of rotatable bonds is 5. The van der Waals surface area contributed by atoms with Gasteiger partial charge in [-0.3, -0.25) is 0 Å². The quantitative estimate of drug-likeness (QED) is 0.548. The fraction of sp³-hybridized carbons (Fsp3) is 0.391. The van der Waals surface area contributed by atoms with Gasteiger partial charge in [-0.15, -0.1) is 0 Å². The molecule has 0 aliphatic carbocycles. The van der Waals surface area contributed by atoms with Crippen LogP contribution in [0.15, 0.2) is 53.9 Å². The Balaban J connectivity index is 2.08. The van der Waals surface area contributed by atoms with E-state index < -0.39 is 30.3 Å². The number of carbonyl (C=O) groups is 2. The lowest BCUT2D eigenvalue weighted by molar-refractivity contribution is -0.139. The fourth-order valence-corrected chi connectivity index (χ4v) is 3.44. The third-order valence-corrected chi connectivity index (χ3v) is 5.95. The van der Waals surface area contributed by atoms with E-state index in [9.17, 15) is 14.7 Å². The number of aliphatic hydroxyl groups is 1. The lowest BCUT2D eigenvalue weighted by Gasteiger charge is -2.32. The minimum Gasteiger partial charge on any atom is -0.465 e. The van der Waals surface area contributed by atoms with E-state index in [2.05, 4.69) is 0 Å². The van der Waals surface area contributed by atoms with Crippen LogP contribution >= 0.6 is 0 Å². The average molecular weight is 441 g/mol. The summed E-state index contributed by atoms with van der Waals surface area (Å²) in [5, 5.41) is 10.1. The number of ether oxygens (including phenoxy) is 2. The van der Waals surface area contributed by atoms with Crippen LogP contribution in [0.1, 0.15) is 33.3 Å². The highest BCUT2D eigenvalue weighted by molar-refractivity contribution is 6.62. The number of esters is 2. The Labute approximate surface area is 188 Å². The van der Waals surface area contributed by atoms with E-state index in [0.29, 0.717) is 11.3 Å². The van der Waals surface area contributed by atoms with Crippen molar-refractivity contribution in [2.24, 2.45) is 0 Å². The Hall–Kier alpha value is -2.88. The molecule has 1 fully saturated rings. The molecule has 0 spiro atoms. The molecule has 0 radical (unpaired) electrons. The lowest BCUT2D eigenvalue weighted by Crippen LogP contribution is -2.41. The summed E-state index contributed by atoms with van der Waals surface area (Å²) >= 11 is 0. The molecular weight excluding hydrogens is 413 g/mol. The molecule has 0 amide bonds. The Bertz CT molecular complexity index is 994. The second-order valence-corrected chi connectivity index (χ2v) is 8.45. The number of hydrogen-bond donors (Lipinski definition) is 1. The Morgan fingerprint density at radius 2 is 1.66 bits per heavy atom. The molecule has 8 nitrogen and oxygen atoms in total. The van der Waals surface area contributed by atoms with Crippen molar-refractivity contribution in [3.63, 3.8) is 0 Å². The molecule has 1 aromatic carbocycles. The molecule has 3 rings (SSSR count). The number of allylic oxidation sites excluding steroid dienone is 2. The lowest BCUT2D eigenvalue weighted by atomic mass is 9.78. The molecule has 2 aliphatic rings. The molecule has 0 atom stereocenters. The standard InChI is InChI=1S/C23H28BNO7/c1-22(2)23(3,4)32-24(31-22)16-10-11-18(15(13-16)14-26)25-12-8-7-9-17(20(27)29-5)19(25)21(28)30-6/h7-13,26H,14H2,1-6H3. The van der Waals surface area contributed by atoms with Crippen molar-refractivity contribution in [2.45, 2.75) is 45.5 Å². The van der Waals surface area contributed by atoms with E-state index in [1.165, 1.54) is 25.2 Å². The molecule has 1 aromatic rings. The summed E-state index contributed by atoms with van der Waals surface area (Å²) in [6.45, 7) is 7.54. The summed E-state index contributed by atoms with van der Waals surface area (Å²) in [4.78, 5) is 26.5. The van der Waals surface area contributed by atoms with E-state index in [1.54, 1.807) is 36.6 Å². The number of aliphatic hydroxyl groups excluding tert-OH is 1. The molecule has 9 heteroatoms. The van der Waals surface area contributed by atoms with Crippen LogP contribution in [0.25, 0.3) is 0 Å². The molecule has 0 unspecified atom stereocenters. The van der Waals surface area contributed by atoms with Crippen LogP contribution in [0.4, 0.5) is 5.69 Å². The van der Waals surface area contributed by atoms with Gasteiger partial charge in [-0.1, -0.05) is 18.2 Å². The number of anilines is 1. The van der Waals surface area contributed by atoms with Crippen molar-refractivity contribution in [3.05, 3.63) is 59.5 Å². The van der Waals surface area contributed by atoms with Gasteiger partial charge in [-0.25, -0.2) is 9.59 Å². The summed E-state index contributed by atoms with van der Waals surface area (Å²) in [7, 11) is 1.86. The maximum absolute atomic E-state index is 12.7. The first kappa shape index (κ1) is 23.8. The largest absolute Gasteiger partial charge is 0.494 e. The summed E-state index contributed by atoms with van der Waals surface area (Å²) < 4.78 is 22.0. The first-order valence-corrected chi connectivity index (χ1v) is 10.2. The van der Waals surface area contributed by atoms with Crippen LogP contribution in [0.3, 0.4) is 0 Å². The average Bonchev–Trinajstić information content (AvgIpc) is 2.91. The molecule has 2 aliphatic heterocycles. The Morgan fingerprint density at radius 1 is 1.03 bits per heavy atom. The first-order valence-electron chi connectivity index (χ1n) is 10.2. The van der Waals surface area contributed by atoms with Gasteiger partial charge in [0, 0.05) is 11.8 Å². The van der Waals surface area contributed by atoms with E-state index in [-0.39, 0.29) is 17.9 Å². The van der Waals surface area contributed by atoms with Crippen molar-refractivity contribution < 1.29 is 33.5 Å². The Kier molecular flexibility index (Phi) is 6.64. The number of benzene rings is 1. The highest BCUT2D eigenvalue weighted by atomic mass is 16.7. The van der Waals surface area contributed by atoms with Crippen LogP contribution in [-0.2, 0) is 35.0 Å². The van der Waals surface area contributed by atoms with Crippen molar-refractivity contribution in [1.29, 1.82) is 0 Å². The number of carbonyl (C=O) groups excluding carboxylic acids is 2. The highest BCUT2D eigenvalue weighted by Crippen LogP contribution is 2.37. The zero-order valence-electron chi connectivity index (χ0n) is 19.2. The summed E-state index contributed by atoms with van der Waals surface area (Å²) in [6.07, 6.45) is 6.38. The summed E-state index contributed by atoms with van der Waals surface area (Å²) in [6, 6.07) is 5.30. The summed E-state index contributed by atoms with van der Waals surface area (Å²) in [5.74, 6) is -1.41. The van der Waals surface area contributed by atoms with Crippen LogP contribution in [0.5, 0.6) is 0 Å². The van der Waals surface area contributed by atoms with Gasteiger partial charge in [-0.05, 0) is 51.4 Å². The number of methoxy groups -OCH3 is 2. The summed E-state index contributed by atoms with van der Waals surface area (Å²) in [5.41, 5.74) is 0.718. The molecule has 0 bridgehead atoms. The predicted molar refractivity (Wildman–Crippen MR) is 120 cm³/mol. The predicted octanol–water partition coefficient (Wildman–Crippen LogP) is 1.97. The monoisotopic (exact) mass is 441 g/mol. The molecule has 1 N–H and O–H groups in total. The molecular formula is C23H28BNO7. The topological polar surface area (TPSA) is 94.5 Å². The van der Waals surface area contributed by atoms with Crippen molar-refractivity contribution >= 4 is 30.2 Å². The van der Waals surface area contributed by atoms with Gasteiger partial charge in [0.1, 0.15) is 5.70 Å². The van der Waals surface area contributed by atoms with Gasteiger partial charge in [-0.2, -0.15) is 0 Å². The minimum atomic E-state index is -0.722. The Morgan fingerprint density at radius 3 is 2.22 bits per heavy atom. The third kappa shape index (κ3) is 4.23. The van der Waals surface area contributed by atoms with Crippen LogP contribution in [0, 0.1) is 0 Å². The molecule has 0 saturated carbocycles. The van der Waals surface area contributed by atoms with Crippen molar-refractivity contribution in [2.75, 3.05) is 19.1 Å². The maximum atomic E-state index is 12.7. The van der Waals surface area contributed by atoms with Crippen LogP contribution in [-0.4, -0.2) is 49.6 Å². The van der Waals surface area contributed by atoms with E-state index in [0.717, 1.165) is 5.46 Å². The second-order valence-electron chi connectivity index (χ2n) is 8.45. The first-order chi connectivity index (χ1) is 15.1. The molecule has 1 saturated heterocycles. The zero-order chi connectivity index (χ0) is 23.7. The SMILES string of the molecule is COC(=O)C1=C(C(=O)OC)N(c2ccc(B3OC(C)(C)C(C)(C)O3)cc2CO)C=CC=C1. The normalized spacial score (nSPS) is 19.2. The smallest absolute Gasteiger partial charge is 0.465 e. The van der Waals surface area contributed by atoms with Crippen molar-refractivity contribution in [1.82, 2.24) is 0 Å². The van der Waals surface area contributed by atoms with Gasteiger partial charge in [0.15, 0.2) is 0 Å². The second kappa shape index (κ2) is 8.93. The van der Waals surface area contributed by atoms with Crippen molar-refractivity contribution in [3.8, 4) is 0 Å². The third-order valence-electron chi connectivity index (χ3n) is 5.95. The molecule has 0 aromatic heterocycles. The molecule has 32 heavy (non-hydrogen) atoms. The minimum absolute atomic E-state index is 0.0255. The van der Waals surface area contributed by atoms with Gasteiger partial charge < -0.3 is 28.8 Å². The number of nitrogens with zero attached hydrogens (tertiary/aromatic N) is 1. The molecule has 2 heterocycles. The molecule has 170 valence electrons. The van der Waals surface area contributed by atoms with Gasteiger partial charge in [0.05, 0.1) is 43.3 Å². The van der Waals surface area contributed by atoms with Gasteiger partial charge in [0.25, 0.3) is 0 Å². The number of hydrogen-bond acceptors (Lipinski definition) is 8.